The Bertz CT molecular complexity index is 413. The lowest BCUT2D eigenvalue weighted by molar-refractivity contribution is 0.0691. The number of ether oxygens (including phenoxy) is 1. The third-order valence-corrected chi connectivity index (χ3v) is 3.18. The number of hydrogen-bond acceptors (Lipinski definition) is 2. The van der Waals surface area contributed by atoms with Crippen molar-refractivity contribution in [3.63, 3.8) is 0 Å². The molecule has 1 saturated carbocycles. The summed E-state index contributed by atoms with van der Waals surface area (Å²) < 4.78 is 18.3. The van der Waals surface area contributed by atoms with Crippen molar-refractivity contribution >= 4 is 5.97 Å². The summed E-state index contributed by atoms with van der Waals surface area (Å²) >= 11 is 0. The van der Waals surface area contributed by atoms with Crippen molar-refractivity contribution in [1.82, 2.24) is 0 Å². The maximum Gasteiger partial charge on any atom is 0.339 e. The molecule has 0 aliphatic heterocycles. The van der Waals surface area contributed by atoms with Crippen molar-refractivity contribution in [3.05, 3.63) is 29.6 Å². The van der Waals surface area contributed by atoms with E-state index in [4.69, 9.17) is 9.84 Å². The van der Waals surface area contributed by atoms with E-state index in [-0.39, 0.29) is 11.3 Å². The molecule has 3 nitrogen and oxygen atoms in total. The number of hydrogen-bond donors (Lipinski definition) is 1. The minimum Gasteiger partial charge on any atom is -0.493 e. The van der Waals surface area contributed by atoms with Crippen LogP contribution in [0.4, 0.5) is 4.39 Å². The minimum atomic E-state index is -1.16. The SMILES string of the molecule is O=C(O)c1cc(F)ccc1OCCC1CCC1. The highest BCUT2D eigenvalue weighted by Gasteiger charge is 2.18. The molecule has 0 atom stereocenters. The molecule has 17 heavy (non-hydrogen) atoms. The van der Waals surface area contributed by atoms with Gasteiger partial charge in [0, 0.05) is 0 Å². The van der Waals surface area contributed by atoms with Crippen LogP contribution in [0, 0.1) is 11.7 Å². The first-order valence-electron chi connectivity index (χ1n) is 5.82. The predicted molar refractivity (Wildman–Crippen MR) is 60.8 cm³/mol. The van der Waals surface area contributed by atoms with E-state index in [2.05, 4.69) is 0 Å². The van der Waals surface area contributed by atoms with Gasteiger partial charge in [0.25, 0.3) is 0 Å². The molecule has 0 bridgehead atoms. The summed E-state index contributed by atoms with van der Waals surface area (Å²) in [6, 6.07) is 3.58. The quantitative estimate of drug-likeness (QED) is 0.857. The molecule has 2 rings (SSSR count). The summed E-state index contributed by atoms with van der Waals surface area (Å²) in [5, 5.41) is 8.91. The lowest BCUT2D eigenvalue weighted by atomic mass is 9.83. The first-order chi connectivity index (χ1) is 8.16. The molecule has 1 N–H and O–H groups in total. The Morgan fingerprint density at radius 1 is 1.47 bits per heavy atom. The summed E-state index contributed by atoms with van der Waals surface area (Å²) in [5.41, 5.74) is -0.112. The molecular weight excluding hydrogens is 223 g/mol. The lowest BCUT2D eigenvalue weighted by Gasteiger charge is -2.25. The summed E-state index contributed by atoms with van der Waals surface area (Å²) in [6.45, 7) is 0.497. The third kappa shape index (κ3) is 2.96. The molecular formula is C13H15FO3. The molecule has 1 aliphatic rings. The van der Waals surface area contributed by atoms with E-state index in [0.29, 0.717) is 12.5 Å². The van der Waals surface area contributed by atoms with Crippen molar-refractivity contribution in [3.8, 4) is 5.75 Å². The second-order valence-electron chi connectivity index (χ2n) is 4.38. The van der Waals surface area contributed by atoms with Crippen LogP contribution in [0.5, 0.6) is 5.75 Å². The second-order valence-corrected chi connectivity index (χ2v) is 4.38. The zero-order chi connectivity index (χ0) is 12.3. The van der Waals surface area contributed by atoms with Crippen LogP contribution in [-0.4, -0.2) is 17.7 Å². The van der Waals surface area contributed by atoms with Crippen LogP contribution in [0.3, 0.4) is 0 Å². The van der Waals surface area contributed by atoms with Crippen molar-refractivity contribution in [2.45, 2.75) is 25.7 Å². The average molecular weight is 238 g/mol. The fraction of sp³-hybridized carbons (Fsp3) is 0.462. The molecule has 4 heteroatoms. The van der Waals surface area contributed by atoms with Gasteiger partial charge >= 0.3 is 5.97 Å². The Hall–Kier alpha value is -1.58. The van der Waals surface area contributed by atoms with Gasteiger partial charge in [0.05, 0.1) is 6.61 Å². The molecule has 0 amide bonds. The predicted octanol–water partition coefficient (Wildman–Crippen LogP) is 3.09. The highest BCUT2D eigenvalue weighted by molar-refractivity contribution is 5.90. The third-order valence-electron chi connectivity index (χ3n) is 3.18. The van der Waals surface area contributed by atoms with Crippen molar-refractivity contribution in [1.29, 1.82) is 0 Å². The Morgan fingerprint density at radius 2 is 2.24 bits per heavy atom. The van der Waals surface area contributed by atoms with Gasteiger partial charge in [-0.05, 0) is 30.5 Å². The van der Waals surface area contributed by atoms with Crippen LogP contribution in [0.25, 0.3) is 0 Å². The molecule has 1 aliphatic carbocycles. The number of carboxylic acids is 1. The number of carboxylic acid groups (broad SMARTS) is 1. The van der Waals surface area contributed by atoms with E-state index in [9.17, 15) is 9.18 Å². The zero-order valence-corrected chi connectivity index (χ0v) is 9.49. The van der Waals surface area contributed by atoms with Gasteiger partial charge in [-0.15, -0.1) is 0 Å². The first-order valence-corrected chi connectivity index (χ1v) is 5.82. The van der Waals surface area contributed by atoms with Gasteiger partial charge in [0.15, 0.2) is 0 Å². The topological polar surface area (TPSA) is 46.5 Å². The smallest absolute Gasteiger partial charge is 0.339 e. The molecule has 92 valence electrons. The van der Waals surface area contributed by atoms with Gasteiger partial charge in [-0.1, -0.05) is 19.3 Å². The summed E-state index contributed by atoms with van der Waals surface area (Å²) in [7, 11) is 0. The molecule has 0 radical (unpaired) electrons. The number of halogens is 1. The molecule has 0 saturated heterocycles. The van der Waals surface area contributed by atoms with Gasteiger partial charge in [0.1, 0.15) is 17.1 Å². The highest BCUT2D eigenvalue weighted by Crippen LogP contribution is 2.29. The van der Waals surface area contributed by atoms with E-state index in [1.54, 1.807) is 0 Å². The van der Waals surface area contributed by atoms with E-state index >= 15 is 0 Å². The average Bonchev–Trinajstić information content (AvgIpc) is 2.23. The Morgan fingerprint density at radius 3 is 2.82 bits per heavy atom. The number of aromatic carboxylic acids is 1. The Balaban J connectivity index is 1.96. The first kappa shape index (κ1) is 11.9. The maximum atomic E-state index is 12.9. The Kier molecular flexibility index (Phi) is 3.61. The maximum absolute atomic E-state index is 12.9. The summed E-state index contributed by atoms with van der Waals surface area (Å²) in [6.07, 6.45) is 4.69. The van der Waals surface area contributed by atoms with Crippen LogP contribution in [0.15, 0.2) is 18.2 Å². The van der Waals surface area contributed by atoms with Crippen LogP contribution >= 0.6 is 0 Å². The molecule has 1 aromatic rings. The molecule has 0 spiro atoms. The fourth-order valence-electron chi connectivity index (χ4n) is 1.91. The molecule has 1 fully saturated rings. The normalized spacial score (nSPS) is 15.4. The second kappa shape index (κ2) is 5.17. The van der Waals surface area contributed by atoms with Crippen molar-refractivity contribution in [2.24, 2.45) is 5.92 Å². The summed E-state index contributed by atoms with van der Waals surface area (Å²) in [4.78, 5) is 10.9. The fourth-order valence-corrected chi connectivity index (χ4v) is 1.91. The van der Waals surface area contributed by atoms with Crippen LogP contribution in [-0.2, 0) is 0 Å². The van der Waals surface area contributed by atoms with E-state index in [0.717, 1.165) is 12.5 Å². The van der Waals surface area contributed by atoms with Gasteiger partial charge in [-0.25, -0.2) is 9.18 Å². The number of carbonyl (C=O) groups is 1. The Labute approximate surface area is 99.2 Å². The van der Waals surface area contributed by atoms with Gasteiger partial charge in [-0.2, -0.15) is 0 Å². The van der Waals surface area contributed by atoms with E-state index < -0.39 is 11.8 Å². The standard InChI is InChI=1S/C13H15FO3/c14-10-4-5-12(11(8-10)13(15)16)17-7-6-9-2-1-3-9/h4-5,8-9H,1-3,6-7H2,(H,15,16). The minimum absolute atomic E-state index is 0.112. The molecule has 0 heterocycles. The van der Waals surface area contributed by atoms with E-state index in [1.807, 2.05) is 0 Å². The van der Waals surface area contributed by atoms with E-state index in [1.165, 1.54) is 31.4 Å². The number of benzene rings is 1. The van der Waals surface area contributed by atoms with Crippen LogP contribution in [0.1, 0.15) is 36.0 Å². The van der Waals surface area contributed by atoms with Gasteiger partial charge in [-0.3, -0.25) is 0 Å². The zero-order valence-electron chi connectivity index (χ0n) is 9.49. The van der Waals surface area contributed by atoms with Crippen molar-refractivity contribution < 1.29 is 19.0 Å². The molecule has 1 aromatic carbocycles. The van der Waals surface area contributed by atoms with Crippen LogP contribution in [0.2, 0.25) is 0 Å². The van der Waals surface area contributed by atoms with Gasteiger partial charge < -0.3 is 9.84 Å². The van der Waals surface area contributed by atoms with Gasteiger partial charge in [0.2, 0.25) is 0 Å². The van der Waals surface area contributed by atoms with Crippen LogP contribution < -0.4 is 4.74 Å². The monoisotopic (exact) mass is 238 g/mol. The highest BCUT2D eigenvalue weighted by atomic mass is 19.1. The largest absolute Gasteiger partial charge is 0.493 e. The van der Waals surface area contributed by atoms with Crippen molar-refractivity contribution in [2.75, 3.05) is 6.61 Å². The number of rotatable bonds is 5. The lowest BCUT2D eigenvalue weighted by Crippen LogP contribution is -2.15. The molecule has 0 unspecified atom stereocenters. The summed E-state index contributed by atoms with van der Waals surface area (Å²) in [5.74, 6) is -0.765. The molecule has 0 aromatic heterocycles.